The molecule has 0 aromatic heterocycles. The summed E-state index contributed by atoms with van der Waals surface area (Å²) in [7, 11) is 0. The van der Waals surface area contributed by atoms with Crippen LogP contribution in [-0.4, -0.2) is 17.0 Å². The number of halogens is 1. The van der Waals surface area contributed by atoms with E-state index in [0.717, 1.165) is 6.07 Å². The van der Waals surface area contributed by atoms with Gasteiger partial charge in [-0.25, -0.2) is 4.79 Å². The lowest BCUT2D eigenvalue weighted by Crippen LogP contribution is -2.15. The average Bonchev–Trinajstić information content (AvgIpc) is 2.27. The molecule has 1 rings (SSSR count). The molecule has 1 unspecified atom stereocenters. The van der Waals surface area contributed by atoms with E-state index in [1.165, 1.54) is 12.1 Å². The number of nitro groups is 1. The predicted octanol–water partition coefficient (Wildman–Crippen LogP) is 2.69. The summed E-state index contributed by atoms with van der Waals surface area (Å²) in [5.41, 5.74) is -1.21. The third-order valence-corrected chi connectivity index (χ3v) is 2.27. The standard InChI is InChI=1S/C11H12FNO4/c1-3-7(2)17-11(14)8-5-4-6-9(12)10(8)13(15)16/h4-7H,3H2,1-2H3. The minimum Gasteiger partial charge on any atom is -0.459 e. The molecule has 92 valence electrons. The highest BCUT2D eigenvalue weighted by molar-refractivity contribution is 5.94. The minimum absolute atomic E-state index is 0.365. The van der Waals surface area contributed by atoms with E-state index < -0.39 is 22.4 Å². The number of ether oxygens (including phenoxy) is 1. The number of nitro benzene ring substituents is 1. The lowest BCUT2D eigenvalue weighted by Gasteiger charge is -2.10. The summed E-state index contributed by atoms with van der Waals surface area (Å²) in [4.78, 5) is 21.3. The van der Waals surface area contributed by atoms with Gasteiger partial charge in [0.05, 0.1) is 11.0 Å². The first kappa shape index (κ1) is 13.1. The summed E-state index contributed by atoms with van der Waals surface area (Å²) in [6.07, 6.45) is 0.208. The monoisotopic (exact) mass is 241 g/mol. The minimum atomic E-state index is -1.05. The van der Waals surface area contributed by atoms with E-state index in [9.17, 15) is 19.3 Å². The normalized spacial score (nSPS) is 11.9. The Morgan fingerprint density at radius 1 is 1.59 bits per heavy atom. The van der Waals surface area contributed by atoms with Crippen LogP contribution in [0, 0.1) is 15.9 Å². The number of para-hydroxylation sites is 1. The van der Waals surface area contributed by atoms with E-state index in [1.807, 2.05) is 0 Å². The van der Waals surface area contributed by atoms with Gasteiger partial charge in [-0.15, -0.1) is 0 Å². The summed E-state index contributed by atoms with van der Waals surface area (Å²) in [5, 5.41) is 10.7. The first-order valence-electron chi connectivity index (χ1n) is 5.11. The van der Waals surface area contributed by atoms with Crippen LogP contribution in [0.2, 0.25) is 0 Å². The second-order valence-corrected chi connectivity index (χ2v) is 3.52. The number of carbonyl (C=O) groups excluding carboxylic acids is 1. The zero-order chi connectivity index (χ0) is 13.0. The highest BCUT2D eigenvalue weighted by atomic mass is 19.1. The molecule has 0 N–H and O–H groups in total. The zero-order valence-corrected chi connectivity index (χ0v) is 9.47. The summed E-state index contributed by atoms with van der Waals surface area (Å²) in [5.74, 6) is -1.93. The molecule has 0 bridgehead atoms. The number of hydrogen-bond acceptors (Lipinski definition) is 4. The van der Waals surface area contributed by atoms with Crippen LogP contribution in [0.3, 0.4) is 0 Å². The Morgan fingerprint density at radius 3 is 2.76 bits per heavy atom. The predicted molar refractivity (Wildman–Crippen MR) is 58.2 cm³/mol. The summed E-state index contributed by atoms with van der Waals surface area (Å²) in [6.45, 7) is 3.46. The van der Waals surface area contributed by atoms with E-state index in [-0.39, 0.29) is 11.7 Å². The first-order chi connectivity index (χ1) is 7.97. The molecule has 0 fully saturated rings. The lowest BCUT2D eigenvalue weighted by atomic mass is 10.1. The van der Waals surface area contributed by atoms with Gasteiger partial charge in [0.2, 0.25) is 5.82 Å². The van der Waals surface area contributed by atoms with Gasteiger partial charge in [-0.1, -0.05) is 13.0 Å². The smallest absolute Gasteiger partial charge is 0.345 e. The molecular formula is C11H12FNO4. The van der Waals surface area contributed by atoms with Crippen molar-refractivity contribution in [1.82, 2.24) is 0 Å². The van der Waals surface area contributed by atoms with Gasteiger partial charge in [-0.2, -0.15) is 4.39 Å². The molecule has 5 nitrogen and oxygen atoms in total. The van der Waals surface area contributed by atoms with Crippen molar-refractivity contribution in [3.05, 3.63) is 39.7 Å². The van der Waals surface area contributed by atoms with Gasteiger partial charge in [0.1, 0.15) is 5.56 Å². The molecule has 0 saturated carbocycles. The largest absolute Gasteiger partial charge is 0.459 e. The summed E-state index contributed by atoms with van der Waals surface area (Å²) in [6, 6.07) is 3.33. The maximum atomic E-state index is 13.2. The average molecular weight is 241 g/mol. The van der Waals surface area contributed by atoms with Crippen LogP contribution in [0.1, 0.15) is 30.6 Å². The SMILES string of the molecule is CCC(C)OC(=O)c1cccc(F)c1[N+](=O)[O-]. The van der Waals surface area contributed by atoms with E-state index in [2.05, 4.69) is 0 Å². The van der Waals surface area contributed by atoms with Crippen molar-refractivity contribution in [1.29, 1.82) is 0 Å². The van der Waals surface area contributed by atoms with Gasteiger partial charge in [-0.3, -0.25) is 10.1 Å². The Labute approximate surface area is 97.3 Å². The van der Waals surface area contributed by atoms with Crippen LogP contribution < -0.4 is 0 Å². The third kappa shape index (κ3) is 2.99. The molecule has 1 atom stereocenters. The van der Waals surface area contributed by atoms with E-state index in [0.29, 0.717) is 6.42 Å². The fourth-order valence-corrected chi connectivity index (χ4v) is 1.20. The van der Waals surface area contributed by atoms with Crippen molar-refractivity contribution in [2.45, 2.75) is 26.4 Å². The Hall–Kier alpha value is -1.98. The second kappa shape index (κ2) is 5.38. The molecule has 6 heteroatoms. The number of hydrogen-bond donors (Lipinski definition) is 0. The molecule has 0 spiro atoms. The molecule has 1 aromatic rings. The molecule has 17 heavy (non-hydrogen) atoms. The highest BCUT2D eigenvalue weighted by Gasteiger charge is 2.26. The van der Waals surface area contributed by atoms with Crippen molar-refractivity contribution in [3.8, 4) is 0 Å². The summed E-state index contributed by atoms with van der Waals surface area (Å²) >= 11 is 0. The van der Waals surface area contributed by atoms with Gasteiger partial charge in [0, 0.05) is 0 Å². The number of rotatable bonds is 4. The van der Waals surface area contributed by atoms with Crippen LogP contribution in [0.5, 0.6) is 0 Å². The van der Waals surface area contributed by atoms with E-state index >= 15 is 0 Å². The summed E-state index contributed by atoms with van der Waals surface area (Å²) < 4.78 is 18.2. The Bertz CT molecular complexity index is 447. The van der Waals surface area contributed by atoms with Gasteiger partial charge in [-0.05, 0) is 25.5 Å². The second-order valence-electron chi connectivity index (χ2n) is 3.52. The highest BCUT2D eigenvalue weighted by Crippen LogP contribution is 2.23. The first-order valence-corrected chi connectivity index (χ1v) is 5.11. The maximum absolute atomic E-state index is 13.2. The Morgan fingerprint density at radius 2 is 2.24 bits per heavy atom. The zero-order valence-electron chi connectivity index (χ0n) is 9.47. The quantitative estimate of drug-likeness (QED) is 0.461. The number of carbonyl (C=O) groups is 1. The fourth-order valence-electron chi connectivity index (χ4n) is 1.20. The lowest BCUT2D eigenvalue weighted by molar-refractivity contribution is -0.387. The molecule has 0 saturated heterocycles. The Kier molecular flexibility index (Phi) is 4.14. The van der Waals surface area contributed by atoms with Crippen molar-refractivity contribution in [3.63, 3.8) is 0 Å². The van der Waals surface area contributed by atoms with E-state index in [1.54, 1.807) is 13.8 Å². The fraction of sp³-hybridized carbons (Fsp3) is 0.364. The molecule has 0 amide bonds. The van der Waals surface area contributed by atoms with Crippen LogP contribution >= 0.6 is 0 Å². The van der Waals surface area contributed by atoms with E-state index in [4.69, 9.17) is 4.74 Å². The molecule has 0 aliphatic carbocycles. The van der Waals surface area contributed by atoms with Gasteiger partial charge in [0.25, 0.3) is 0 Å². The van der Waals surface area contributed by atoms with Crippen LogP contribution in [0.25, 0.3) is 0 Å². The molecule has 1 aromatic carbocycles. The third-order valence-electron chi connectivity index (χ3n) is 2.27. The van der Waals surface area contributed by atoms with Crippen LogP contribution in [-0.2, 0) is 4.74 Å². The number of esters is 1. The topological polar surface area (TPSA) is 69.4 Å². The van der Waals surface area contributed by atoms with Gasteiger partial charge >= 0.3 is 11.7 Å². The maximum Gasteiger partial charge on any atom is 0.345 e. The van der Waals surface area contributed by atoms with Gasteiger partial charge in [0.15, 0.2) is 0 Å². The molecule has 0 aliphatic heterocycles. The van der Waals surface area contributed by atoms with Gasteiger partial charge < -0.3 is 4.74 Å². The van der Waals surface area contributed by atoms with Crippen molar-refractivity contribution in [2.24, 2.45) is 0 Å². The molecule has 0 heterocycles. The van der Waals surface area contributed by atoms with Crippen molar-refractivity contribution < 1.29 is 18.8 Å². The van der Waals surface area contributed by atoms with Crippen LogP contribution in [0.4, 0.5) is 10.1 Å². The van der Waals surface area contributed by atoms with Crippen LogP contribution in [0.15, 0.2) is 18.2 Å². The molecule has 0 aliphatic rings. The van der Waals surface area contributed by atoms with Crippen molar-refractivity contribution >= 4 is 11.7 Å². The number of nitrogens with zero attached hydrogens (tertiary/aromatic N) is 1. The van der Waals surface area contributed by atoms with Crippen molar-refractivity contribution in [2.75, 3.05) is 0 Å². The number of benzene rings is 1. The Balaban J connectivity index is 3.09. The molecule has 0 radical (unpaired) electrons. The molecular weight excluding hydrogens is 229 g/mol.